The summed E-state index contributed by atoms with van der Waals surface area (Å²) >= 11 is 0. The van der Waals surface area contributed by atoms with Crippen LogP contribution in [0.2, 0.25) is 0 Å². The minimum absolute atomic E-state index is 0.00233. The predicted octanol–water partition coefficient (Wildman–Crippen LogP) is 8.48. The summed E-state index contributed by atoms with van der Waals surface area (Å²) in [5.74, 6) is 0. The molecule has 0 amide bonds. The van der Waals surface area contributed by atoms with Gasteiger partial charge in [-0.3, -0.25) is 9.97 Å². The molecule has 0 spiro atoms. The first-order valence-corrected chi connectivity index (χ1v) is 12.4. The molecule has 0 fully saturated rings. The van der Waals surface area contributed by atoms with Crippen molar-refractivity contribution in [3.8, 4) is 22.4 Å². The Balaban J connectivity index is 1.58. The van der Waals surface area contributed by atoms with Gasteiger partial charge in [-0.15, -0.1) is 0 Å². The minimum atomic E-state index is -0.00233. The summed E-state index contributed by atoms with van der Waals surface area (Å²) in [6.45, 7) is 12.9. The zero-order valence-corrected chi connectivity index (χ0v) is 21.6. The van der Waals surface area contributed by atoms with Gasteiger partial charge in [0.1, 0.15) is 5.58 Å². The molecule has 4 heteroatoms. The first-order chi connectivity index (χ1) is 17.2. The Morgan fingerprint density at radius 3 is 2.33 bits per heavy atom. The highest BCUT2D eigenvalue weighted by Gasteiger charge is 2.19. The maximum absolute atomic E-state index is 6.27. The molecule has 2 aromatic carbocycles. The van der Waals surface area contributed by atoms with Crippen molar-refractivity contribution >= 4 is 33.0 Å². The van der Waals surface area contributed by atoms with Crippen LogP contribution < -0.4 is 0 Å². The topological polar surface area (TPSA) is 51.8 Å². The molecule has 6 aromatic rings. The average Bonchev–Trinajstić information content (AvgIpc) is 3.21. The smallest absolute Gasteiger partial charge is 0.227 e. The van der Waals surface area contributed by atoms with Gasteiger partial charge >= 0.3 is 0 Å². The molecule has 6 rings (SSSR count). The Kier molecular flexibility index (Phi) is 4.97. The largest absolute Gasteiger partial charge is 0.437 e. The second-order valence-corrected chi connectivity index (χ2v) is 10.7. The number of furan rings is 1. The number of pyridine rings is 3. The number of benzene rings is 2. The van der Waals surface area contributed by atoms with Crippen molar-refractivity contribution in [2.45, 2.75) is 47.0 Å². The zero-order valence-electron chi connectivity index (χ0n) is 21.6. The maximum Gasteiger partial charge on any atom is 0.227 e. The molecule has 0 N–H and O–H groups in total. The Morgan fingerprint density at radius 1 is 0.722 bits per heavy atom. The van der Waals surface area contributed by atoms with Gasteiger partial charge < -0.3 is 4.42 Å². The molecule has 0 aliphatic rings. The van der Waals surface area contributed by atoms with Crippen LogP contribution in [0.15, 0.2) is 71.3 Å². The number of para-hydroxylation sites is 1. The third kappa shape index (κ3) is 3.56. The normalized spacial score (nSPS) is 12.2. The van der Waals surface area contributed by atoms with E-state index in [1.165, 1.54) is 11.1 Å². The van der Waals surface area contributed by atoms with Crippen LogP contribution in [0.1, 0.15) is 43.3 Å². The third-order valence-corrected chi connectivity index (χ3v) is 7.00. The van der Waals surface area contributed by atoms with E-state index < -0.39 is 0 Å². The van der Waals surface area contributed by atoms with Crippen molar-refractivity contribution in [3.63, 3.8) is 0 Å². The number of nitrogens with zero attached hydrogens (tertiary/aromatic N) is 3. The maximum atomic E-state index is 6.27. The SMILES string of the molecule is Cc1ccc2c(n1)oc1c(-c3cc(-c4c(C)ccc5nc(C(C)(C)C)ccc45)c(C)cn3)cccc12. The van der Waals surface area contributed by atoms with Gasteiger partial charge in [0.2, 0.25) is 5.71 Å². The minimum Gasteiger partial charge on any atom is -0.437 e. The van der Waals surface area contributed by atoms with Crippen molar-refractivity contribution in [3.05, 3.63) is 89.4 Å². The Morgan fingerprint density at radius 2 is 1.53 bits per heavy atom. The lowest BCUT2D eigenvalue weighted by molar-refractivity contribution is 0.571. The number of rotatable bonds is 2. The number of aryl methyl sites for hydroxylation is 3. The lowest BCUT2D eigenvalue weighted by Crippen LogP contribution is -2.13. The molecule has 4 aromatic heterocycles. The number of aromatic nitrogens is 3. The summed E-state index contributed by atoms with van der Waals surface area (Å²) in [6, 6.07) is 21.2. The lowest BCUT2D eigenvalue weighted by atomic mass is 9.89. The van der Waals surface area contributed by atoms with E-state index in [1.54, 1.807) is 0 Å². The van der Waals surface area contributed by atoms with E-state index >= 15 is 0 Å². The molecule has 0 saturated carbocycles. The van der Waals surface area contributed by atoms with Gasteiger partial charge in [-0.05, 0) is 79.4 Å². The van der Waals surface area contributed by atoms with Gasteiger partial charge in [-0.2, -0.15) is 0 Å². The summed E-state index contributed by atoms with van der Waals surface area (Å²) in [6.07, 6.45) is 1.96. The van der Waals surface area contributed by atoms with Gasteiger partial charge in [0.15, 0.2) is 0 Å². The average molecular weight is 472 g/mol. The van der Waals surface area contributed by atoms with Crippen LogP contribution in [-0.2, 0) is 5.41 Å². The molecule has 36 heavy (non-hydrogen) atoms. The van der Waals surface area contributed by atoms with Crippen molar-refractivity contribution in [2.75, 3.05) is 0 Å². The van der Waals surface area contributed by atoms with Gasteiger partial charge in [-0.25, -0.2) is 4.98 Å². The summed E-state index contributed by atoms with van der Waals surface area (Å²) in [7, 11) is 0. The van der Waals surface area contributed by atoms with Gasteiger partial charge in [0.25, 0.3) is 0 Å². The van der Waals surface area contributed by atoms with Crippen LogP contribution in [0, 0.1) is 20.8 Å². The molecule has 4 nitrogen and oxygen atoms in total. The molecule has 0 atom stereocenters. The monoisotopic (exact) mass is 471 g/mol. The summed E-state index contributed by atoms with van der Waals surface area (Å²) < 4.78 is 6.27. The van der Waals surface area contributed by atoms with Crippen molar-refractivity contribution in [1.29, 1.82) is 0 Å². The third-order valence-electron chi connectivity index (χ3n) is 7.00. The molecule has 0 radical (unpaired) electrons. The van der Waals surface area contributed by atoms with Crippen LogP contribution in [0.3, 0.4) is 0 Å². The van der Waals surface area contributed by atoms with Gasteiger partial charge in [-0.1, -0.05) is 45.0 Å². The second-order valence-electron chi connectivity index (χ2n) is 10.7. The van der Waals surface area contributed by atoms with E-state index in [9.17, 15) is 0 Å². The molecule has 0 unspecified atom stereocenters. The fourth-order valence-corrected chi connectivity index (χ4v) is 5.00. The van der Waals surface area contributed by atoms with E-state index in [-0.39, 0.29) is 5.41 Å². The molecular weight excluding hydrogens is 442 g/mol. The van der Waals surface area contributed by atoms with Crippen molar-refractivity contribution in [2.24, 2.45) is 0 Å². The lowest BCUT2D eigenvalue weighted by Gasteiger charge is -2.19. The Labute approximate surface area is 211 Å². The second kappa shape index (κ2) is 7.99. The number of hydrogen-bond acceptors (Lipinski definition) is 4. The van der Waals surface area contributed by atoms with Crippen LogP contribution in [0.25, 0.3) is 55.4 Å². The zero-order chi connectivity index (χ0) is 25.2. The molecular formula is C32H29N3O. The van der Waals surface area contributed by atoms with Crippen LogP contribution in [0.5, 0.6) is 0 Å². The highest BCUT2D eigenvalue weighted by Crippen LogP contribution is 2.39. The summed E-state index contributed by atoms with van der Waals surface area (Å²) in [4.78, 5) is 14.5. The molecule has 4 heterocycles. The first-order valence-electron chi connectivity index (χ1n) is 12.4. The van der Waals surface area contributed by atoms with Crippen molar-refractivity contribution < 1.29 is 4.42 Å². The number of hydrogen-bond donors (Lipinski definition) is 0. The molecule has 0 aliphatic heterocycles. The van der Waals surface area contributed by atoms with E-state index in [0.29, 0.717) is 5.71 Å². The van der Waals surface area contributed by atoms with Crippen LogP contribution in [-0.4, -0.2) is 15.0 Å². The summed E-state index contributed by atoms with van der Waals surface area (Å²) in [5, 5.41) is 3.24. The summed E-state index contributed by atoms with van der Waals surface area (Å²) in [5.41, 5.74) is 11.1. The fourth-order valence-electron chi connectivity index (χ4n) is 5.00. The molecule has 0 aliphatic carbocycles. The van der Waals surface area contributed by atoms with Crippen molar-refractivity contribution in [1.82, 2.24) is 15.0 Å². The standard InChI is InChI=1S/C32H29N3O/c1-18-10-14-26-23(13-15-28(35-26)32(4,5)6)29(18)25-16-27(33-17-19(25)2)24-9-7-8-21-22-12-11-20(3)34-31(22)36-30(21)24/h7-17H,1-6H3. The fraction of sp³-hybridized carbons (Fsp3) is 0.219. The Hall–Kier alpha value is -4.05. The molecule has 0 bridgehead atoms. The van der Waals surface area contributed by atoms with Gasteiger partial charge in [0, 0.05) is 44.7 Å². The number of fused-ring (bicyclic) bond motifs is 4. The van der Waals surface area contributed by atoms with Gasteiger partial charge in [0.05, 0.1) is 11.2 Å². The quantitative estimate of drug-likeness (QED) is 0.254. The van der Waals surface area contributed by atoms with Crippen LogP contribution >= 0.6 is 0 Å². The highest BCUT2D eigenvalue weighted by molar-refractivity contribution is 6.08. The first kappa shape index (κ1) is 22.4. The highest BCUT2D eigenvalue weighted by atomic mass is 16.3. The molecule has 0 saturated heterocycles. The molecule has 178 valence electrons. The van der Waals surface area contributed by atoms with E-state index in [2.05, 4.69) is 94.2 Å². The van der Waals surface area contributed by atoms with Crippen LogP contribution in [0.4, 0.5) is 0 Å². The van der Waals surface area contributed by atoms with E-state index in [4.69, 9.17) is 14.4 Å². The predicted molar refractivity (Wildman–Crippen MR) is 148 cm³/mol. The van der Waals surface area contributed by atoms with E-state index in [0.717, 1.165) is 61.0 Å². The Bertz CT molecular complexity index is 1800. The van der Waals surface area contributed by atoms with E-state index in [1.807, 2.05) is 19.2 Å².